The molecule has 2 saturated heterocycles. The fourth-order valence-corrected chi connectivity index (χ4v) is 3.63. The van der Waals surface area contributed by atoms with E-state index < -0.39 is 0 Å². The number of rotatable bonds is 3. The number of ether oxygens (including phenoxy) is 1. The van der Waals surface area contributed by atoms with Gasteiger partial charge in [0.05, 0.1) is 0 Å². The van der Waals surface area contributed by atoms with Crippen molar-refractivity contribution in [2.45, 2.75) is 25.8 Å². The van der Waals surface area contributed by atoms with E-state index in [-0.39, 0.29) is 11.9 Å². The second-order valence-corrected chi connectivity index (χ2v) is 6.21. The minimum absolute atomic E-state index is 0.0596. The van der Waals surface area contributed by atoms with Crippen molar-refractivity contribution < 1.29 is 9.13 Å². The van der Waals surface area contributed by atoms with Crippen molar-refractivity contribution in [3.8, 4) is 0 Å². The molecule has 0 saturated carbocycles. The maximum Gasteiger partial charge on any atom is 0.128 e. The van der Waals surface area contributed by atoms with Gasteiger partial charge in [-0.2, -0.15) is 0 Å². The van der Waals surface area contributed by atoms with Gasteiger partial charge < -0.3 is 10.1 Å². The van der Waals surface area contributed by atoms with Crippen LogP contribution in [0.2, 0.25) is 0 Å². The Kier molecular flexibility index (Phi) is 4.88. The fourth-order valence-electron chi connectivity index (χ4n) is 3.63. The molecule has 1 N–H and O–H groups in total. The summed E-state index contributed by atoms with van der Waals surface area (Å²) in [6, 6.07) is 5.71. The Hall–Kier alpha value is -0.970. The van der Waals surface area contributed by atoms with Crippen LogP contribution in [0.5, 0.6) is 0 Å². The molecule has 2 aliphatic rings. The second kappa shape index (κ2) is 6.86. The number of benzene rings is 1. The van der Waals surface area contributed by atoms with E-state index in [0.717, 1.165) is 63.4 Å². The molecule has 0 bridgehead atoms. The van der Waals surface area contributed by atoms with Crippen molar-refractivity contribution in [3.05, 3.63) is 35.1 Å². The van der Waals surface area contributed by atoms with Gasteiger partial charge in [-0.1, -0.05) is 17.7 Å². The molecule has 1 aromatic carbocycles. The van der Waals surface area contributed by atoms with E-state index in [1.807, 2.05) is 19.1 Å². The van der Waals surface area contributed by atoms with Crippen LogP contribution < -0.4 is 5.32 Å². The lowest BCUT2D eigenvalue weighted by molar-refractivity contribution is 0.0203. The molecule has 0 spiro atoms. The molecule has 0 aromatic heterocycles. The summed E-state index contributed by atoms with van der Waals surface area (Å²) >= 11 is 0. The number of halogens is 1. The number of nitrogens with one attached hydrogen (secondary N) is 1. The molecular weight excluding hydrogens is 267 g/mol. The highest BCUT2D eigenvalue weighted by Gasteiger charge is 2.32. The summed E-state index contributed by atoms with van der Waals surface area (Å²) < 4.78 is 20.0. The zero-order valence-electron chi connectivity index (χ0n) is 12.8. The summed E-state index contributed by atoms with van der Waals surface area (Å²) in [6.45, 7) is 7.63. The summed E-state index contributed by atoms with van der Waals surface area (Å²) in [7, 11) is 0. The van der Waals surface area contributed by atoms with Crippen molar-refractivity contribution in [1.82, 2.24) is 10.2 Å². The number of piperazine rings is 1. The molecule has 2 heterocycles. The highest BCUT2D eigenvalue weighted by molar-refractivity contribution is 5.28. The van der Waals surface area contributed by atoms with E-state index in [1.165, 1.54) is 0 Å². The van der Waals surface area contributed by atoms with Crippen molar-refractivity contribution in [1.29, 1.82) is 0 Å². The molecule has 4 heteroatoms. The van der Waals surface area contributed by atoms with Gasteiger partial charge >= 0.3 is 0 Å². The normalized spacial score (nSPS) is 23.1. The number of aryl methyl sites for hydroxylation is 1. The Bertz CT molecular complexity index is 450. The average molecular weight is 292 g/mol. The SMILES string of the molecule is Cc1ccc(F)c([C@H](C2CCOCC2)N2CCNCC2)c1. The molecule has 116 valence electrons. The average Bonchev–Trinajstić information content (AvgIpc) is 2.53. The third-order valence-electron chi connectivity index (χ3n) is 4.73. The van der Waals surface area contributed by atoms with Crippen LogP contribution in [0.15, 0.2) is 18.2 Å². The van der Waals surface area contributed by atoms with E-state index in [0.29, 0.717) is 5.92 Å². The third-order valence-corrected chi connectivity index (χ3v) is 4.73. The van der Waals surface area contributed by atoms with E-state index >= 15 is 0 Å². The van der Waals surface area contributed by atoms with Crippen LogP contribution in [-0.2, 0) is 4.74 Å². The number of nitrogens with zero attached hydrogens (tertiary/aromatic N) is 1. The summed E-state index contributed by atoms with van der Waals surface area (Å²) in [5.41, 5.74) is 2.02. The molecule has 0 amide bonds. The first-order valence-electron chi connectivity index (χ1n) is 8.04. The summed E-state index contributed by atoms with van der Waals surface area (Å²) in [5.74, 6) is 0.434. The first kappa shape index (κ1) is 14.9. The lowest BCUT2D eigenvalue weighted by Crippen LogP contribution is -2.47. The zero-order valence-corrected chi connectivity index (χ0v) is 12.8. The van der Waals surface area contributed by atoms with Crippen LogP contribution >= 0.6 is 0 Å². The molecule has 3 rings (SSSR count). The standard InChI is InChI=1S/C17H25FN2O/c1-13-2-3-16(18)15(12-13)17(14-4-10-21-11-5-14)20-8-6-19-7-9-20/h2-3,12,14,17,19H,4-11H2,1H3/t17-/m0/s1. The molecule has 2 aliphatic heterocycles. The Balaban J connectivity index is 1.91. The van der Waals surface area contributed by atoms with Crippen LogP contribution in [0, 0.1) is 18.7 Å². The molecule has 1 atom stereocenters. The minimum Gasteiger partial charge on any atom is -0.381 e. The minimum atomic E-state index is -0.0596. The van der Waals surface area contributed by atoms with Crippen molar-refractivity contribution >= 4 is 0 Å². The Labute approximate surface area is 126 Å². The van der Waals surface area contributed by atoms with Gasteiger partial charge in [-0.3, -0.25) is 4.90 Å². The highest BCUT2D eigenvalue weighted by atomic mass is 19.1. The largest absolute Gasteiger partial charge is 0.381 e. The van der Waals surface area contributed by atoms with E-state index in [1.54, 1.807) is 6.07 Å². The van der Waals surface area contributed by atoms with Gasteiger partial charge in [-0.15, -0.1) is 0 Å². The number of hydrogen-bond acceptors (Lipinski definition) is 3. The van der Waals surface area contributed by atoms with Gasteiger partial charge in [0.25, 0.3) is 0 Å². The van der Waals surface area contributed by atoms with E-state index in [2.05, 4.69) is 10.2 Å². The first-order valence-corrected chi connectivity index (χ1v) is 8.04. The summed E-state index contributed by atoms with van der Waals surface area (Å²) in [6.07, 6.45) is 2.06. The predicted octanol–water partition coefficient (Wildman–Crippen LogP) is 2.51. The molecule has 1 aromatic rings. The van der Waals surface area contributed by atoms with Crippen molar-refractivity contribution in [2.24, 2.45) is 5.92 Å². The molecule has 21 heavy (non-hydrogen) atoms. The van der Waals surface area contributed by atoms with Gasteiger partial charge in [0.15, 0.2) is 0 Å². The van der Waals surface area contributed by atoms with Crippen LogP contribution in [0.3, 0.4) is 0 Å². The number of hydrogen-bond donors (Lipinski definition) is 1. The Morgan fingerprint density at radius 2 is 1.95 bits per heavy atom. The van der Waals surface area contributed by atoms with Gasteiger partial charge in [-0.05, 0) is 31.7 Å². The van der Waals surface area contributed by atoms with Crippen LogP contribution in [0.1, 0.15) is 30.0 Å². The summed E-state index contributed by atoms with van der Waals surface area (Å²) in [4.78, 5) is 2.46. The molecular formula is C17H25FN2O. The molecule has 0 aliphatic carbocycles. The maximum atomic E-state index is 14.5. The quantitative estimate of drug-likeness (QED) is 0.926. The molecule has 0 radical (unpaired) electrons. The van der Waals surface area contributed by atoms with Gasteiger partial charge in [0, 0.05) is 51.0 Å². The fraction of sp³-hybridized carbons (Fsp3) is 0.647. The van der Waals surface area contributed by atoms with E-state index in [9.17, 15) is 4.39 Å². The van der Waals surface area contributed by atoms with Crippen LogP contribution in [0.4, 0.5) is 4.39 Å². The van der Waals surface area contributed by atoms with Gasteiger partial charge in [0.2, 0.25) is 0 Å². The molecule has 0 unspecified atom stereocenters. The summed E-state index contributed by atoms with van der Waals surface area (Å²) in [5, 5.41) is 3.39. The van der Waals surface area contributed by atoms with Crippen molar-refractivity contribution in [3.63, 3.8) is 0 Å². The Morgan fingerprint density at radius 1 is 1.24 bits per heavy atom. The molecule has 3 nitrogen and oxygen atoms in total. The lowest BCUT2D eigenvalue weighted by Gasteiger charge is -2.41. The smallest absolute Gasteiger partial charge is 0.128 e. The topological polar surface area (TPSA) is 24.5 Å². The molecule has 2 fully saturated rings. The van der Waals surface area contributed by atoms with Crippen LogP contribution in [0.25, 0.3) is 0 Å². The zero-order chi connectivity index (χ0) is 14.7. The predicted molar refractivity (Wildman–Crippen MR) is 81.9 cm³/mol. The lowest BCUT2D eigenvalue weighted by atomic mass is 9.85. The van der Waals surface area contributed by atoms with Crippen molar-refractivity contribution in [2.75, 3.05) is 39.4 Å². The van der Waals surface area contributed by atoms with Crippen LogP contribution in [-0.4, -0.2) is 44.3 Å². The third kappa shape index (κ3) is 3.44. The van der Waals surface area contributed by atoms with Gasteiger partial charge in [0.1, 0.15) is 5.82 Å². The second-order valence-electron chi connectivity index (χ2n) is 6.21. The first-order chi connectivity index (χ1) is 10.3. The Morgan fingerprint density at radius 3 is 2.67 bits per heavy atom. The monoisotopic (exact) mass is 292 g/mol. The van der Waals surface area contributed by atoms with E-state index in [4.69, 9.17) is 4.74 Å². The van der Waals surface area contributed by atoms with Gasteiger partial charge in [-0.25, -0.2) is 4.39 Å². The highest BCUT2D eigenvalue weighted by Crippen LogP contribution is 2.36. The maximum absolute atomic E-state index is 14.5.